The van der Waals surface area contributed by atoms with Gasteiger partial charge in [-0.15, -0.1) is 11.8 Å². The van der Waals surface area contributed by atoms with Gasteiger partial charge in [-0.2, -0.15) is 0 Å². The second kappa shape index (κ2) is 8.27. The molecule has 0 spiro atoms. The summed E-state index contributed by atoms with van der Waals surface area (Å²) >= 11 is 1.97. The number of ether oxygens (including phenoxy) is 1. The molecule has 28 heavy (non-hydrogen) atoms. The first-order valence-electron chi connectivity index (χ1n) is 9.72. The van der Waals surface area contributed by atoms with Crippen LogP contribution in [0.2, 0.25) is 0 Å². The molecule has 0 N–H and O–H groups in total. The molecular formula is C24H26N2OS. The summed E-state index contributed by atoms with van der Waals surface area (Å²) in [4.78, 5) is 8.53. The molecule has 1 aromatic heterocycles. The van der Waals surface area contributed by atoms with Crippen molar-refractivity contribution in [1.82, 2.24) is 4.98 Å². The van der Waals surface area contributed by atoms with Crippen molar-refractivity contribution in [1.29, 1.82) is 0 Å². The molecule has 144 valence electrons. The lowest BCUT2D eigenvalue weighted by molar-refractivity contribution is 0.411. The van der Waals surface area contributed by atoms with Crippen molar-refractivity contribution in [3.8, 4) is 5.75 Å². The van der Waals surface area contributed by atoms with Gasteiger partial charge in [0.15, 0.2) is 0 Å². The number of methoxy groups -OCH3 is 1. The SMILES string of the molecule is COc1ccc([C@@H]2CCN(Cc3cccc(C)n3)c3ccccc3S2)cc1C. The second-order valence-electron chi connectivity index (χ2n) is 7.28. The quantitative estimate of drug-likeness (QED) is 0.549. The van der Waals surface area contributed by atoms with Crippen LogP contribution in [0.4, 0.5) is 5.69 Å². The Hall–Kier alpha value is -2.46. The van der Waals surface area contributed by atoms with Gasteiger partial charge in [0, 0.05) is 22.4 Å². The normalized spacial score (nSPS) is 16.4. The van der Waals surface area contributed by atoms with E-state index in [-0.39, 0.29) is 0 Å². The van der Waals surface area contributed by atoms with Crippen LogP contribution in [-0.4, -0.2) is 18.6 Å². The molecule has 0 unspecified atom stereocenters. The number of para-hydroxylation sites is 1. The van der Waals surface area contributed by atoms with Crippen molar-refractivity contribution in [3.05, 3.63) is 83.2 Å². The maximum Gasteiger partial charge on any atom is 0.121 e. The zero-order valence-corrected chi connectivity index (χ0v) is 17.5. The predicted octanol–water partition coefficient (Wildman–Crippen LogP) is 5.95. The number of rotatable bonds is 4. The monoisotopic (exact) mass is 390 g/mol. The number of thioether (sulfide) groups is 1. The summed E-state index contributed by atoms with van der Waals surface area (Å²) in [5.41, 5.74) is 6.07. The summed E-state index contributed by atoms with van der Waals surface area (Å²) in [6, 6.07) is 21.6. The summed E-state index contributed by atoms with van der Waals surface area (Å²) in [5.74, 6) is 0.954. The van der Waals surface area contributed by atoms with Gasteiger partial charge in [-0.05, 0) is 61.7 Å². The molecule has 1 aliphatic heterocycles. The Balaban J connectivity index is 1.62. The molecule has 3 aromatic rings. The van der Waals surface area contributed by atoms with Crippen LogP contribution in [-0.2, 0) is 6.54 Å². The summed E-state index contributed by atoms with van der Waals surface area (Å²) in [5, 5.41) is 0.432. The Bertz CT molecular complexity index is 972. The van der Waals surface area contributed by atoms with Crippen molar-refractivity contribution in [2.24, 2.45) is 0 Å². The van der Waals surface area contributed by atoms with E-state index in [1.54, 1.807) is 7.11 Å². The average molecular weight is 391 g/mol. The van der Waals surface area contributed by atoms with E-state index in [1.807, 2.05) is 11.8 Å². The zero-order chi connectivity index (χ0) is 19.5. The van der Waals surface area contributed by atoms with Gasteiger partial charge >= 0.3 is 0 Å². The third-order valence-corrected chi connectivity index (χ3v) is 6.62. The standard InChI is InChI=1S/C24H26N2OS/c1-17-15-19(11-12-22(17)27-3)23-13-14-26(16-20-8-6-7-18(2)25-20)21-9-4-5-10-24(21)28-23/h4-12,15,23H,13-14,16H2,1-3H3/t23-/m0/s1. The van der Waals surface area contributed by atoms with E-state index in [0.717, 1.165) is 36.6 Å². The van der Waals surface area contributed by atoms with Crippen molar-refractivity contribution >= 4 is 17.4 Å². The number of anilines is 1. The van der Waals surface area contributed by atoms with Gasteiger partial charge < -0.3 is 9.64 Å². The molecule has 0 saturated carbocycles. The maximum atomic E-state index is 5.44. The van der Waals surface area contributed by atoms with Gasteiger partial charge in [-0.25, -0.2) is 0 Å². The molecule has 4 rings (SSSR count). The molecule has 0 radical (unpaired) electrons. The van der Waals surface area contributed by atoms with Crippen LogP contribution in [0, 0.1) is 13.8 Å². The predicted molar refractivity (Wildman–Crippen MR) is 117 cm³/mol. The van der Waals surface area contributed by atoms with E-state index in [0.29, 0.717) is 5.25 Å². The van der Waals surface area contributed by atoms with E-state index < -0.39 is 0 Å². The van der Waals surface area contributed by atoms with Crippen LogP contribution in [0.15, 0.2) is 65.6 Å². The van der Waals surface area contributed by atoms with Crippen molar-refractivity contribution in [2.45, 2.75) is 37.0 Å². The van der Waals surface area contributed by atoms with Crippen LogP contribution < -0.4 is 9.64 Å². The first kappa shape index (κ1) is 18.9. The second-order valence-corrected chi connectivity index (χ2v) is 8.53. The fourth-order valence-electron chi connectivity index (χ4n) is 3.81. The average Bonchev–Trinajstić information content (AvgIpc) is 2.88. The highest BCUT2D eigenvalue weighted by Gasteiger charge is 2.24. The third-order valence-electron chi connectivity index (χ3n) is 5.23. The minimum absolute atomic E-state index is 0.432. The highest BCUT2D eigenvalue weighted by Crippen LogP contribution is 2.45. The lowest BCUT2D eigenvalue weighted by Gasteiger charge is -2.24. The number of aryl methyl sites for hydroxylation is 2. The number of nitrogens with zero attached hydrogens (tertiary/aromatic N) is 2. The Morgan fingerprint density at radius 2 is 1.93 bits per heavy atom. The van der Waals surface area contributed by atoms with E-state index in [9.17, 15) is 0 Å². The molecule has 2 heterocycles. The summed E-state index contributed by atoms with van der Waals surface area (Å²) in [6.07, 6.45) is 1.09. The number of fused-ring (bicyclic) bond motifs is 1. The Morgan fingerprint density at radius 1 is 1.07 bits per heavy atom. The van der Waals surface area contributed by atoms with Crippen LogP contribution in [0.5, 0.6) is 5.75 Å². The van der Waals surface area contributed by atoms with Gasteiger partial charge in [0.1, 0.15) is 5.75 Å². The number of benzene rings is 2. The van der Waals surface area contributed by atoms with Gasteiger partial charge in [0.2, 0.25) is 0 Å². The molecule has 1 aliphatic rings. The molecule has 2 aromatic carbocycles. The fraction of sp³-hybridized carbons (Fsp3) is 0.292. The highest BCUT2D eigenvalue weighted by molar-refractivity contribution is 7.99. The van der Waals surface area contributed by atoms with Crippen LogP contribution in [0.3, 0.4) is 0 Å². The first-order chi connectivity index (χ1) is 13.6. The summed E-state index contributed by atoms with van der Waals surface area (Å²) in [7, 11) is 1.73. The molecular weight excluding hydrogens is 364 g/mol. The minimum Gasteiger partial charge on any atom is -0.496 e. The van der Waals surface area contributed by atoms with Gasteiger partial charge in [0.25, 0.3) is 0 Å². The van der Waals surface area contributed by atoms with E-state index in [4.69, 9.17) is 9.72 Å². The first-order valence-corrected chi connectivity index (χ1v) is 10.6. The fourth-order valence-corrected chi connectivity index (χ4v) is 5.10. The number of pyridine rings is 1. The molecule has 0 amide bonds. The lowest BCUT2D eigenvalue weighted by atomic mass is 10.1. The van der Waals surface area contributed by atoms with E-state index in [2.05, 4.69) is 79.4 Å². The third kappa shape index (κ3) is 4.02. The van der Waals surface area contributed by atoms with Crippen molar-refractivity contribution in [2.75, 3.05) is 18.6 Å². The molecule has 1 atom stereocenters. The van der Waals surface area contributed by atoms with Gasteiger partial charge in [0.05, 0.1) is 25.0 Å². The summed E-state index contributed by atoms with van der Waals surface area (Å²) in [6.45, 7) is 6.02. The molecule has 4 heteroatoms. The minimum atomic E-state index is 0.432. The van der Waals surface area contributed by atoms with E-state index in [1.165, 1.54) is 21.7 Å². The highest BCUT2D eigenvalue weighted by atomic mass is 32.2. The van der Waals surface area contributed by atoms with Gasteiger partial charge in [-0.3, -0.25) is 4.98 Å². The van der Waals surface area contributed by atoms with Crippen molar-refractivity contribution in [3.63, 3.8) is 0 Å². The molecule has 0 fully saturated rings. The maximum absolute atomic E-state index is 5.44. The lowest BCUT2D eigenvalue weighted by Crippen LogP contribution is -2.24. The Morgan fingerprint density at radius 3 is 2.71 bits per heavy atom. The Labute approximate surface area is 171 Å². The van der Waals surface area contributed by atoms with Crippen molar-refractivity contribution < 1.29 is 4.74 Å². The van der Waals surface area contributed by atoms with Crippen LogP contribution in [0.25, 0.3) is 0 Å². The number of hydrogen-bond donors (Lipinski definition) is 0. The van der Waals surface area contributed by atoms with Crippen LogP contribution in [0.1, 0.15) is 34.2 Å². The van der Waals surface area contributed by atoms with E-state index >= 15 is 0 Å². The smallest absolute Gasteiger partial charge is 0.121 e. The molecule has 0 saturated heterocycles. The van der Waals surface area contributed by atoms with Crippen LogP contribution >= 0.6 is 11.8 Å². The largest absolute Gasteiger partial charge is 0.496 e. The molecule has 3 nitrogen and oxygen atoms in total. The zero-order valence-electron chi connectivity index (χ0n) is 16.7. The molecule has 0 bridgehead atoms. The summed E-state index contributed by atoms with van der Waals surface area (Å²) < 4.78 is 5.44. The number of aromatic nitrogens is 1. The Kier molecular flexibility index (Phi) is 5.58. The number of hydrogen-bond acceptors (Lipinski definition) is 4. The topological polar surface area (TPSA) is 25.4 Å². The molecule has 0 aliphatic carbocycles. The van der Waals surface area contributed by atoms with Gasteiger partial charge in [-0.1, -0.05) is 30.3 Å².